The Morgan fingerprint density at radius 1 is 1.35 bits per heavy atom. The molecule has 0 spiro atoms. The number of Topliss-reactive ketones (excluding diaryl/α,β-unsaturated/α-hetero) is 1. The number of aliphatic hydroxyl groups excluding tert-OH is 1. The number of fused-ring (bicyclic) bond motifs is 1. The molecule has 4 nitrogen and oxygen atoms in total. The summed E-state index contributed by atoms with van der Waals surface area (Å²) in [5.41, 5.74) is 1.97. The highest BCUT2D eigenvalue weighted by Gasteiger charge is 2.47. The lowest BCUT2D eigenvalue weighted by molar-refractivity contribution is 0.101. The Bertz CT molecular complexity index is 811. The van der Waals surface area contributed by atoms with Crippen LogP contribution in [0.4, 0.5) is 0 Å². The summed E-state index contributed by atoms with van der Waals surface area (Å²) in [5, 5.41) is 8.91. The molecular formula is C22H26O4. The number of ether oxygens (including phenoxy) is 2. The Kier molecular flexibility index (Phi) is 5.05. The van der Waals surface area contributed by atoms with Crippen molar-refractivity contribution in [3.63, 3.8) is 0 Å². The zero-order valence-electron chi connectivity index (χ0n) is 15.8. The van der Waals surface area contributed by atoms with Crippen LogP contribution >= 0.6 is 0 Å². The molecule has 3 rings (SSSR count). The van der Waals surface area contributed by atoms with Crippen LogP contribution in [0, 0.1) is 5.92 Å². The first-order chi connectivity index (χ1) is 12.4. The highest BCUT2D eigenvalue weighted by atomic mass is 16.5. The second-order valence-corrected chi connectivity index (χ2v) is 7.25. The van der Waals surface area contributed by atoms with Crippen molar-refractivity contribution in [2.24, 2.45) is 5.92 Å². The molecule has 1 aliphatic carbocycles. The van der Waals surface area contributed by atoms with Gasteiger partial charge in [-0.05, 0) is 50.6 Å². The zero-order chi connectivity index (χ0) is 18.9. The average molecular weight is 354 g/mol. The van der Waals surface area contributed by atoms with Gasteiger partial charge in [0.15, 0.2) is 5.78 Å². The van der Waals surface area contributed by atoms with Gasteiger partial charge in [-0.3, -0.25) is 4.79 Å². The summed E-state index contributed by atoms with van der Waals surface area (Å²) in [6, 6.07) is 5.60. The van der Waals surface area contributed by atoms with E-state index in [-0.39, 0.29) is 18.3 Å². The molecule has 0 saturated carbocycles. The SMILES string of the molecule is C/C=C\C=C1\OC2=C(C(=O)c3ccc(OCCCO)cc3C2(C)C)C1C. The van der Waals surface area contributed by atoms with E-state index in [0.717, 1.165) is 22.7 Å². The van der Waals surface area contributed by atoms with Crippen LogP contribution in [0.15, 0.2) is 53.5 Å². The molecular weight excluding hydrogens is 328 g/mol. The van der Waals surface area contributed by atoms with Gasteiger partial charge in [0.2, 0.25) is 0 Å². The van der Waals surface area contributed by atoms with Gasteiger partial charge in [0, 0.05) is 35.5 Å². The quantitative estimate of drug-likeness (QED) is 0.801. The van der Waals surface area contributed by atoms with Gasteiger partial charge in [0.05, 0.1) is 6.61 Å². The number of aliphatic hydroxyl groups is 1. The van der Waals surface area contributed by atoms with Gasteiger partial charge in [0.25, 0.3) is 0 Å². The van der Waals surface area contributed by atoms with E-state index in [4.69, 9.17) is 14.6 Å². The Balaban J connectivity index is 2.00. The van der Waals surface area contributed by atoms with Gasteiger partial charge in [-0.25, -0.2) is 0 Å². The lowest BCUT2D eigenvalue weighted by Crippen LogP contribution is -2.31. The average Bonchev–Trinajstić information content (AvgIpc) is 2.96. The summed E-state index contributed by atoms with van der Waals surface area (Å²) in [4.78, 5) is 13.1. The molecule has 0 amide bonds. The van der Waals surface area contributed by atoms with Crippen molar-refractivity contribution >= 4 is 5.78 Å². The van der Waals surface area contributed by atoms with Crippen molar-refractivity contribution in [3.8, 4) is 5.75 Å². The highest BCUT2D eigenvalue weighted by molar-refractivity contribution is 6.13. The maximum absolute atomic E-state index is 13.1. The summed E-state index contributed by atoms with van der Waals surface area (Å²) < 4.78 is 11.9. The van der Waals surface area contributed by atoms with Crippen LogP contribution < -0.4 is 4.74 Å². The van der Waals surface area contributed by atoms with Crippen molar-refractivity contribution in [1.82, 2.24) is 0 Å². The van der Waals surface area contributed by atoms with Crippen LogP contribution in [0.1, 0.15) is 50.0 Å². The second-order valence-electron chi connectivity index (χ2n) is 7.25. The van der Waals surface area contributed by atoms with Crippen LogP contribution in [-0.2, 0) is 10.2 Å². The van der Waals surface area contributed by atoms with Gasteiger partial charge in [0.1, 0.15) is 17.3 Å². The molecule has 1 aromatic carbocycles. The molecule has 26 heavy (non-hydrogen) atoms. The molecule has 1 atom stereocenters. The van der Waals surface area contributed by atoms with Crippen LogP contribution in [0.3, 0.4) is 0 Å². The van der Waals surface area contributed by atoms with Gasteiger partial charge < -0.3 is 14.6 Å². The molecule has 0 fully saturated rings. The monoisotopic (exact) mass is 354 g/mol. The van der Waals surface area contributed by atoms with Crippen molar-refractivity contribution in [3.05, 3.63) is 64.6 Å². The molecule has 1 aromatic rings. The maximum Gasteiger partial charge on any atom is 0.193 e. The molecule has 0 bridgehead atoms. The zero-order valence-corrected chi connectivity index (χ0v) is 15.8. The third-order valence-electron chi connectivity index (χ3n) is 5.07. The first-order valence-electron chi connectivity index (χ1n) is 9.10. The Morgan fingerprint density at radius 3 is 2.81 bits per heavy atom. The number of ketones is 1. The van der Waals surface area contributed by atoms with E-state index in [1.165, 1.54) is 0 Å². The van der Waals surface area contributed by atoms with E-state index >= 15 is 0 Å². The number of hydrogen-bond acceptors (Lipinski definition) is 4. The molecule has 2 aliphatic rings. The van der Waals surface area contributed by atoms with Crippen LogP contribution in [-0.4, -0.2) is 24.1 Å². The summed E-state index contributed by atoms with van der Waals surface area (Å²) in [6.07, 6.45) is 6.38. The van der Waals surface area contributed by atoms with E-state index in [1.54, 1.807) is 0 Å². The van der Waals surface area contributed by atoms with E-state index in [2.05, 4.69) is 13.8 Å². The maximum atomic E-state index is 13.1. The third kappa shape index (κ3) is 2.99. The standard InChI is InChI=1S/C22H26O4/c1-5-6-8-18-14(2)19-20(24)16-10-9-15(25-12-7-11-23)13-17(16)22(3,4)21(19)26-18/h5-6,8-10,13-14,23H,7,11-12H2,1-4H3/b6-5-,18-8+. The Hall–Kier alpha value is -2.33. The molecule has 0 radical (unpaired) electrons. The van der Waals surface area contributed by atoms with Gasteiger partial charge in [-0.15, -0.1) is 0 Å². The number of carbonyl (C=O) groups excluding carboxylic acids is 1. The molecule has 0 saturated heterocycles. The van der Waals surface area contributed by atoms with Gasteiger partial charge in [-0.2, -0.15) is 0 Å². The predicted molar refractivity (Wildman–Crippen MR) is 101 cm³/mol. The van der Waals surface area contributed by atoms with E-state index < -0.39 is 5.41 Å². The fourth-order valence-electron chi connectivity index (χ4n) is 3.58. The van der Waals surface area contributed by atoms with Crippen molar-refractivity contribution in [2.45, 2.75) is 39.5 Å². The molecule has 1 heterocycles. The number of hydrogen-bond donors (Lipinski definition) is 1. The molecule has 0 aromatic heterocycles. The van der Waals surface area contributed by atoms with E-state index in [0.29, 0.717) is 24.3 Å². The molecule has 1 unspecified atom stereocenters. The minimum Gasteiger partial charge on any atom is -0.493 e. The van der Waals surface area contributed by atoms with Crippen molar-refractivity contribution in [2.75, 3.05) is 13.2 Å². The second kappa shape index (κ2) is 7.12. The summed E-state index contributed by atoms with van der Waals surface area (Å²) in [5.74, 6) is 2.24. The van der Waals surface area contributed by atoms with Crippen molar-refractivity contribution in [1.29, 1.82) is 0 Å². The number of benzene rings is 1. The van der Waals surface area contributed by atoms with Crippen LogP contribution in [0.5, 0.6) is 5.75 Å². The van der Waals surface area contributed by atoms with E-state index in [9.17, 15) is 4.79 Å². The minimum atomic E-state index is -0.422. The highest BCUT2D eigenvalue weighted by Crippen LogP contribution is 2.50. The lowest BCUT2D eigenvalue weighted by atomic mass is 9.71. The van der Waals surface area contributed by atoms with Gasteiger partial charge >= 0.3 is 0 Å². The Labute approximate surface area is 154 Å². The number of rotatable bonds is 5. The molecule has 1 aliphatic heterocycles. The lowest BCUT2D eigenvalue weighted by Gasteiger charge is -2.32. The molecule has 4 heteroatoms. The minimum absolute atomic E-state index is 0.0348. The first kappa shape index (κ1) is 18.5. The van der Waals surface area contributed by atoms with Crippen LogP contribution in [0.25, 0.3) is 0 Å². The Morgan fingerprint density at radius 2 is 2.12 bits per heavy atom. The first-order valence-corrected chi connectivity index (χ1v) is 9.10. The fourth-order valence-corrected chi connectivity index (χ4v) is 3.58. The molecule has 138 valence electrons. The molecule has 1 N–H and O–H groups in total. The van der Waals surface area contributed by atoms with E-state index in [1.807, 2.05) is 50.3 Å². The predicted octanol–water partition coefficient (Wildman–Crippen LogP) is 4.30. The largest absolute Gasteiger partial charge is 0.493 e. The number of carbonyl (C=O) groups is 1. The van der Waals surface area contributed by atoms with Gasteiger partial charge in [-0.1, -0.05) is 19.1 Å². The third-order valence-corrected chi connectivity index (χ3v) is 5.07. The summed E-state index contributed by atoms with van der Waals surface area (Å²) in [6.45, 7) is 8.67. The normalized spacial score (nSPS) is 22.6. The van der Waals surface area contributed by atoms with Crippen LogP contribution in [0.2, 0.25) is 0 Å². The summed E-state index contributed by atoms with van der Waals surface area (Å²) >= 11 is 0. The summed E-state index contributed by atoms with van der Waals surface area (Å²) in [7, 11) is 0. The smallest absolute Gasteiger partial charge is 0.193 e. The number of allylic oxidation sites excluding steroid dienone is 5. The fraction of sp³-hybridized carbons (Fsp3) is 0.409. The topological polar surface area (TPSA) is 55.8 Å². The van der Waals surface area contributed by atoms with Crippen molar-refractivity contribution < 1.29 is 19.4 Å².